The lowest BCUT2D eigenvalue weighted by atomic mass is 10.1. The molecule has 116 valence electrons. The third kappa shape index (κ3) is 2.73. The number of rotatable bonds is 1. The maximum absolute atomic E-state index is 14.0. The van der Waals surface area contributed by atoms with Gasteiger partial charge in [-0.3, -0.25) is 4.90 Å². The molecule has 21 heavy (non-hydrogen) atoms. The molecule has 2 fully saturated rings. The van der Waals surface area contributed by atoms with E-state index in [1.165, 1.54) is 0 Å². The minimum atomic E-state index is -4.44. The summed E-state index contributed by atoms with van der Waals surface area (Å²) >= 11 is 0. The monoisotopic (exact) mass is 302 g/mol. The third-order valence-electron chi connectivity index (χ3n) is 4.52. The van der Waals surface area contributed by atoms with Crippen molar-refractivity contribution in [1.82, 2.24) is 4.90 Å². The number of alkyl halides is 3. The van der Waals surface area contributed by atoms with Gasteiger partial charge in [0.25, 0.3) is 0 Å². The predicted molar refractivity (Wildman–Crippen MR) is 72.8 cm³/mol. The molecule has 0 N–H and O–H groups in total. The summed E-state index contributed by atoms with van der Waals surface area (Å²) in [4.78, 5) is 4.14. The summed E-state index contributed by atoms with van der Waals surface area (Å²) in [6.45, 7) is 4.35. The van der Waals surface area contributed by atoms with Crippen molar-refractivity contribution in [2.24, 2.45) is 0 Å². The number of anilines is 1. The smallest absolute Gasteiger partial charge is 0.364 e. The first kappa shape index (κ1) is 14.6. The van der Waals surface area contributed by atoms with E-state index in [0.717, 1.165) is 44.1 Å². The van der Waals surface area contributed by atoms with Gasteiger partial charge in [-0.1, -0.05) is 0 Å². The first-order chi connectivity index (χ1) is 9.86. The van der Waals surface area contributed by atoms with Crippen LogP contribution in [0.15, 0.2) is 18.2 Å². The van der Waals surface area contributed by atoms with Crippen molar-refractivity contribution in [3.05, 3.63) is 29.6 Å². The minimum Gasteiger partial charge on any atom is -0.364 e. The highest BCUT2D eigenvalue weighted by Crippen LogP contribution is 2.35. The molecule has 1 aromatic rings. The quantitative estimate of drug-likeness (QED) is 0.732. The van der Waals surface area contributed by atoms with E-state index in [1.807, 2.05) is 6.92 Å². The summed E-state index contributed by atoms with van der Waals surface area (Å²) in [5.74, 6) is -0.582. The molecule has 2 heterocycles. The molecule has 2 unspecified atom stereocenters. The molecule has 2 aliphatic rings. The Morgan fingerprint density at radius 1 is 1.19 bits per heavy atom. The highest BCUT2D eigenvalue weighted by atomic mass is 19.4. The molecule has 0 radical (unpaired) electrons. The summed E-state index contributed by atoms with van der Waals surface area (Å²) < 4.78 is 52.5. The molecule has 0 amide bonds. The average Bonchev–Trinajstić information content (AvgIpc) is 2.84. The predicted octanol–water partition coefficient (Wildman–Crippen LogP) is 3.52. The molecular weight excluding hydrogens is 284 g/mol. The van der Waals surface area contributed by atoms with E-state index >= 15 is 0 Å². The Morgan fingerprint density at radius 3 is 2.67 bits per heavy atom. The van der Waals surface area contributed by atoms with E-state index in [-0.39, 0.29) is 11.7 Å². The van der Waals surface area contributed by atoms with Crippen molar-refractivity contribution in [3.8, 4) is 0 Å². The molecule has 2 saturated heterocycles. The number of halogens is 4. The highest BCUT2D eigenvalue weighted by Gasteiger charge is 2.37. The van der Waals surface area contributed by atoms with Gasteiger partial charge < -0.3 is 4.90 Å². The number of hydrogen-bond donors (Lipinski definition) is 0. The first-order valence-electron chi connectivity index (χ1n) is 7.23. The second-order valence-corrected chi connectivity index (χ2v) is 5.96. The fourth-order valence-electron chi connectivity index (χ4n) is 3.43. The maximum Gasteiger partial charge on any atom is 0.416 e. The van der Waals surface area contributed by atoms with E-state index in [2.05, 4.69) is 4.90 Å². The summed E-state index contributed by atoms with van der Waals surface area (Å²) in [6, 6.07) is 3.00. The van der Waals surface area contributed by atoms with Crippen molar-refractivity contribution in [2.75, 3.05) is 24.5 Å². The lowest BCUT2D eigenvalue weighted by Gasteiger charge is -2.43. The number of nitrogens with zero attached hydrogens (tertiary/aromatic N) is 2. The van der Waals surface area contributed by atoms with E-state index < -0.39 is 17.6 Å². The fraction of sp³-hybridized carbons (Fsp3) is 0.600. The Hall–Kier alpha value is -1.30. The van der Waals surface area contributed by atoms with Crippen molar-refractivity contribution < 1.29 is 17.6 Å². The van der Waals surface area contributed by atoms with E-state index in [4.69, 9.17) is 0 Å². The van der Waals surface area contributed by atoms with Gasteiger partial charge in [0.1, 0.15) is 5.82 Å². The molecule has 0 bridgehead atoms. The molecule has 2 aliphatic heterocycles. The maximum atomic E-state index is 14.0. The largest absolute Gasteiger partial charge is 0.416 e. The van der Waals surface area contributed by atoms with Gasteiger partial charge in [0, 0.05) is 25.2 Å². The molecular formula is C15H18F4N2. The zero-order valence-electron chi connectivity index (χ0n) is 11.8. The van der Waals surface area contributed by atoms with Gasteiger partial charge >= 0.3 is 6.18 Å². The van der Waals surface area contributed by atoms with Gasteiger partial charge in [-0.15, -0.1) is 0 Å². The molecule has 3 rings (SSSR count). The van der Waals surface area contributed by atoms with E-state index in [9.17, 15) is 17.6 Å². The van der Waals surface area contributed by atoms with Crippen LogP contribution in [0, 0.1) is 5.82 Å². The molecule has 0 saturated carbocycles. The zero-order valence-corrected chi connectivity index (χ0v) is 11.8. The summed E-state index contributed by atoms with van der Waals surface area (Å²) in [5.41, 5.74) is -0.719. The zero-order chi connectivity index (χ0) is 15.2. The highest BCUT2D eigenvalue weighted by molar-refractivity contribution is 5.52. The molecule has 1 aromatic carbocycles. The van der Waals surface area contributed by atoms with Crippen LogP contribution in [-0.2, 0) is 6.18 Å². The minimum absolute atomic E-state index is 0.0114. The lowest BCUT2D eigenvalue weighted by molar-refractivity contribution is -0.137. The first-order valence-corrected chi connectivity index (χ1v) is 7.23. The van der Waals surface area contributed by atoms with Crippen LogP contribution in [0.25, 0.3) is 0 Å². The van der Waals surface area contributed by atoms with Crippen LogP contribution < -0.4 is 4.90 Å². The Balaban J connectivity index is 1.92. The van der Waals surface area contributed by atoms with Gasteiger partial charge in [-0.2, -0.15) is 13.2 Å². The Labute approximate surface area is 121 Å². The molecule has 6 heteroatoms. The van der Waals surface area contributed by atoms with Crippen LogP contribution in [-0.4, -0.2) is 36.6 Å². The SMILES string of the molecule is CC1CN2CCCC2CN1c1cc(C(F)(F)F)ccc1F. The van der Waals surface area contributed by atoms with Crippen molar-refractivity contribution in [3.63, 3.8) is 0 Å². The number of piperazine rings is 1. The van der Waals surface area contributed by atoms with Crippen molar-refractivity contribution >= 4 is 5.69 Å². The third-order valence-corrected chi connectivity index (χ3v) is 4.52. The summed E-state index contributed by atoms with van der Waals surface area (Å²) in [6.07, 6.45) is -2.30. The molecule has 2 atom stereocenters. The number of benzene rings is 1. The summed E-state index contributed by atoms with van der Waals surface area (Å²) in [5, 5.41) is 0. The van der Waals surface area contributed by atoms with Crippen LogP contribution in [0.2, 0.25) is 0 Å². The second-order valence-electron chi connectivity index (χ2n) is 5.96. The van der Waals surface area contributed by atoms with Crippen LogP contribution in [0.1, 0.15) is 25.3 Å². The van der Waals surface area contributed by atoms with Crippen LogP contribution in [0.3, 0.4) is 0 Å². The summed E-state index contributed by atoms with van der Waals surface area (Å²) in [7, 11) is 0. The fourth-order valence-corrected chi connectivity index (χ4v) is 3.43. The molecule has 0 spiro atoms. The van der Waals surface area contributed by atoms with Gasteiger partial charge in [0.15, 0.2) is 0 Å². The molecule has 0 aliphatic carbocycles. The standard InChI is InChI=1S/C15H18F4N2/c1-10-8-20-6-2-3-12(20)9-21(10)14-7-11(15(17,18)19)4-5-13(14)16/h4-5,7,10,12H,2-3,6,8-9H2,1H3. The van der Waals surface area contributed by atoms with Gasteiger partial charge in [0.05, 0.1) is 11.3 Å². The van der Waals surface area contributed by atoms with Crippen molar-refractivity contribution in [1.29, 1.82) is 0 Å². The normalized spacial score (nSPS) is 27.0. The molecule has 0 aromatic heterocycles. The van der Waals surface area contributed by atoms with Crippen LogP contribution in [0.4, 0.5) is 23.2 Å². The average molecular weight is 302 g/mol. The Morgan fingerprint density at radius 2 is 1.95 bits per heavy atom. The number of hydrogen-bond acceptors (Lipinski definition) is 2. The Bertz CT molecular complexity index is 529. The van der Waals surface area contributed by atoms with E-state index in [0.29, 0.717) is 12.6 Å². The van der Waals surface area contributed by atoms with Crippen LogP contribution in [0.5, 0.6) is 0 Å². The Kier molecular flexibility index (Phi) is 3.59. The number of fused-ring (bicyclic) bond motifs is 1. The molecule has 2 nitrogen and oxygen atoms in total. The van der Waals surface area contributed by atoms with Crippen LogP contribution >= 0.6 is 0 Å². The lowest BCUT2D eigenvalue weighted by Crippen LogP contribution is -2.55. The second kappa shape index (κ2) is 5.16. The van der Waals surface area contributed by atoms with Gasteiger partial charge in [-0.05, 0) is 44.5 Å². The van der Waals surface area contributed by atoms with Gasteiger partial charge in [-0.25, -0.2) is 4.39 Å². The van der Waals surface area contributed by atoms with E-state index in [1.54, 1.807) is 4.90 Å². The topological polar surface area (TPSA) is 6.48 Å². The van der Waals surface area contributed by atoms with Gasteiger partial charge in [0.2, 0.25) is 0 Å². The van der Waals surface area contributed by atoms with Crippen molar-refractivity contribution in [2.45, 2.75) is 38.0 Å².